The Kier molecular flexibility index (Phi) is 6.49. The van der Waals surface area contributed by atoms with E-state index in [1.165, 1.54) is 32.2 Å². The van der Waals surface area contributed by atoms with Crippen LogP contribution >= 0.6 is 0 Å². The largest absolute Gasteiger partial charge is 0.344 e. The van der Waals surface area contributed by atoms with Gasteiger partial charge in [0.15, 0.2) is 0 Å². The van der Waals surface area contributed by atoms with Crippen molar-refractivity contribution >= 4 is 5.91 Å². The van der Waals surface area contributed by atoms with Crippen LogP contribution in [0.2, 0.25) is 0 Å². The highest BCUT2D eigenvalue weighted by Crippen LogP contribution is 2.23. The molecule has 2 aliphatic rings. The summed E-state index contributed by atoms with van der Waals surface area (Å²) in [6, 6.07) is 0.579. The Morgan fingerprint density at radius 1 is 1.38 bits per heavy atom. The van der Waals surface area contributed by atoms with Crippen LogP contribution < -0.4 is 5.32 Å². The van der Waals surface area contributed by atoms with Gasteiger partial charge in [0.25, 0.3) is 0 Å². The summed E-state index contributed by atoms with van der Waals surface area (Å²) >= 11 is 0. The molecule has 0 aliphatic carbocycles. The van der Waals surface area contributed by atoms with Gasteiger partial charge in [-0.1, -0.05) is 13.8 Å². The van der Waals surface area contributed by atoms with Crippen LogP contribution in [0, 0.1) is 11.8 Å². The highest BCUT2D eigenvalue weighted by molar-refractivity contribution is 5.76. The average Bonchev–Trinajstić information content (AvgIpc) is 2.95. The lowest BCUT2D eigenvalue weighted by atomic mass is 9.85. The first kappa shape index (κ1) is 16.8. The highest BCUT2D eigenvalue weighted by Gasteiger charge is 2.27. The minimum absolute atomic E-state index is 0.330. The normalized spacial score (nSPS) is 28.5. The molecule has 2 aliphatic heterocycles. The van der Waals surface area contributed by atoms with Gasteiger partial charge in [0, 0.05) is 26.1 Å². The van der Waals surface area contributed by atoms with Crippen LogP contribution in [0.3, 0.4) is 0 Å². The van der Waals surface area contributed by atoms with Crippen LogP contribution in [0.5, 0.6) is 0 Å². The summed E-state index contributed by atoms with van der Waals surface area (Å²) in [7, 11) is 1.99. The third kappa shape index (κ3) is 4.68. The number of amides is 1. The first-order valence-electron chi connectivity index (χ1n) is 8.80. The summed E-state index contributed by atoms with van der Waals surface area (Å²) in [4.78, 5) is 17.0. The fraction of sp³-hybridized carbons (Fsp3) is 0.941. The molecular formula is C17H33N3O. The Balaban J connectivity index is 1.76. The van der Waals surface area contributed by atoms with Gasteiger partial charge < -0.3 is 10.2 Å². The van der Waals surface area contributed by atoms with Crippen molar-refractivity contribution in [2.75, 3.05) is 39.8 Å². The molecule has 0 spiro atoms. The smallest absolute Gasteiger partial charge is 0.222 e. The second-order valence-electron chi connectivity index (χ2n) is 6.99. The monoisotopic (exact) mass is 295 g/mol. The van der Waals surface area contributed by atoms with E-state index in [4.69, 9.17) is 0 Å². The molecule has 21 heavy (non-hydrogen) atoms. The molecule has 0 bridgehead atoms. The van der Waals surface area contributed by atoms with Gasteiger partial charge in [-0.3, -0.25) is 9.69 Å². The van der Waals surface area contributed by atoms with Crippen LogP contribution in [-0.2, 0) is 4.79 Å². The number of piperidine rings is 1. The molecule has 2 rings (SSSR count). The Labute approximate surface area is 130 Å². The summed E-state index contributed by atoms with van der Waals surface area (Å²) < 4.78 is 0. The number of likely N-dealkylation sites (tertiary alicyclic amines) is 1. The van der Waals surface area contributed by atoms with Crippen molar-refractivity contribution in [2.24, 2.45) is 11.8 Å². The molecule has 0 aromatic heterocycles. The molecule has 2 heterocycles. The molecule has 4 heteroatoms. The molecule has 3 unspecified atom stereocenters. The van der Waals surface area contributed by atoms with E-state index in [2.05, 4.69) is 24.1 Å². The van der Waals surface area contributed by atoms with Gasteiger partial charge in [-0.25, -0.2) is 0 Å². The van der Waals surface area contributed by atoms with Gasteiger partial charge in [-0.2, -0.15) is 0 Å². The zero-order valence-corrected chi connectivity index (χ0v) is 14.1. The first-order chi connectivity index (χ1) is 10.1. The van der Waals surface area contributed by atoms with Crippen molar-refractivity contribution in [3.63, 3.8) is 0 Å². The third-order valence-electron chi connectivity index (χ3n) is 5.45. The maximum atomic E-state index is 12.5. The predicted octanol–water partition coefficient (Wildman–Crippen LogP) is 1.95. The Hall–Kier alpha value is -0.610. The number of likely N-dealkylation sites (N-methyl/N-ethyl adjacent to an activating group) is 2. The van der Waals surface area contributed by atoms with Crippen LogP contribution in [0.25, 0.3) is 0 Å². The topological polar surface area (TPSA) is 35.6 Å². The number of carbonyl (C=O) groups is 1. The van der Waals surface area contributed by atoms with Crippen LogP contribution in [0.15, 0.2) is 0 Å². The lowest BCUT2D eigenvalue weighted by Crippen LogP contribution is -2.42. The number of carbonyl (C=O) groups excluding carboxylic acids is 1. The summed E-state index contributed by atoms with van der Waals surface area (Å²) in [5, 5.41) is 3.46. The Morgan fingerprint density at radius 2 is 2.19 bits per heavy atom. The van der Waals surface area contributed by atoms with Crippen LogP contribution in [0.4, 0.5) is 0 Å². The van der Waals surface area contributed by atoms with Gasteiger partial charge in [0.1, 0.15) is 0 Å². The Bertz CT molecular complexity index is 328. The quantitative estimate of drug-likeness (QED) is 0.813. The fourth-order valence-corrected chi connectivity index (χ4v) is 3.90. The van der Waals surface area contributed by atoms with Crippen molar-refractivity contribution in [2.45, 2.75) is 52.0 Å². The number of nitrogens with zero attached hydrogens (tertiary/aromatic N) is 2. The summed E-state index contributed by atoms with van der Waals surface area (Å²) in [6.45, 7) is 9.91. The van der Waals surface area contributed by atoms with Crippen LogP contribution in [-0.4, -0.2) is 61.5 Å². The van der Waals surface area contributed by atoms with E-state index < -0.39 is 0 Å². The molecule has 2 fully saturated rings. The second-order valence-corrected chi connectivity index (χ2v) is 6.99. The summed E-state index contributed by atoms with van der Waals surface area (Å²) in [5.74, 6) is 1.50. The van der Waals surface area contributed by atoms with Gasteiger partial charge in [-0.05, 0) is 63.7 Å². The molecule has 0 radical (unpaired) electrons. The molecular weight excluding hydrogens is 262 g/mol. The average molecular weight is 295 g/mol. The van der Waals surface area contributed by atoms with E-state index in [-0.39, 0.29) is 0 Å². The molecule has 1 amide bonds. The maximum absolute atomic E-state index is 12.5. The number of hydrogen-bond acceptors (Lipinski definition) is 3. The molecule has 0 aromatic carbocycles. The van der Waals surface area contributed by atoms with Gasteiger partial charge in [0.2, 0.25) is 5.91 Å². The van der Waals surface area contributed by atoms with Gasteiger partial charge in [0.05, 0.1) is 0 Å². The lowest BCUT2D eigenvalue weighted by Gasteiger charge is -2.31. The zero-order valence-electron chi connectivity index (χ0n) is 14.1. The molecule has 0 saturated carbocycles. The molecule has 0 aromatic rings. The van der Waals surface area contributed by atoms with E-state index >= 15 is 0 Å². The van der Waals surface area contributed by atoms with E-state index in [1.807, 2.05) is 11.9 Å². The molecule has 1 N–H and O–H groups in total. The molecule has 122 valence electrons. The number of rotatable bonds is 6. The maximum Gasteiger partial charge on any atom is 0.222 e. The van der Waals surface area contributed by atoms with E-state index in [0.29, 0.717) is 30.2 Å². The van der Waals surface area contributed by atoms with Crippen molar-refractivity contribution in [3.05, 3.63) is 0 Å². The van der Waals surface area contributed by atoms with Gasteiger partial charge in [-0.15, -0.1) is 0 Å². The SMILES string of the molecule is CCN1CCCC1CN(C)C(=O)CC(C)C1CCCNC1. The van der Waals surface area contributed by atoms with E-state index in [1.54, 1.807) is 0 Å². The zero-order chi connectivity index (χ0) is 15.2. The third-order valence-corrected chi connectivity index (χ3v) is 5.45. The van der Waals surface area contributed by atoms with Crippen molar-refractivity contribution in [3.8, 4) is 0 Å². The lowest BCUT2D eigenvalue weighted by molar-refractivity contribution is -0.131. The van der Waals surface area contributed by atoms with Crippen molar-refractivity contribution in [1.29, 1.82) is 0 Å². The number of nitrogens with one attached hydrogen (secondary N) is 1. The van der Waals surface area contributed by atoms with Crippen molar-refractivity contribution < 1.29 is 4.79 Å². The van der Waals surface area contributed by atoms with Gasteiger partial charge >= 0.3 is 0 Å². The first-order valence-corrected chi connectivity index (χ1v) is 8.80. The standard InChI is InChI=1S/C17H33N3O/c1-4-20-10-6-8-16(20)13-19(3)17(21)11-14(2)15-7-5-9-18-12-15/h14-16,18H,4-13H2,1-3H3. The minimum atomic E-state index is 0.330. The summed E-state index contributed by atoms with van der Waals surface area (Å²) in [5.41, 5.74) is 0. The van der Waals surface area contributed by atoms with Crippen LogP contribution in [0.1, 0.15) is 46.0 Å². The highest BCUT2D eigenvalue weighted by atomic mass is 16.2. The molecule has 2 saturated heterocycles. The van der Waals surface area contributed by atoms with E-state index in [9.17, 15) is 4.79 Å². The predicted molar refractivity (Wildman–Crippen MR) is 87.3 cm³/mol. The summed E-state index contributed by atoms with van der Waals surface area (Å²) in [6.07, 6.45) is 5.77. The Morgan fingerprint density at radius 3 is 2.86 bits per heavy atom. The fourth-order valence-electron chi connectivity index (χ4n) is 3.90. The minimum Gasteiger partial charge on any atom is -0.344 e. The number of hydrogen-bond donors (Lipinski definition) is 1. The molecule has 4 nitrogen and oxygen atoms in total. The molecule has 3 atom stereocenters. The second kappa shape index (κ2) is 8.14. The van der Waals surface area contributed by atoms with Crippen molar-refractivity contribution in [1.82, 2.24) is 15.1 Å². The van der Waals surface area contributed by atoms with E-state index in [0.717, 1.165) is 26.2 Å².